The molecule has 0 atom stereocenters. The molecule has 5 nitrogen and oxygen atoms in total. The number of nitrogens with zero attached hydrogens (tertiary/aromatic N) is 1. The topological polar surface area (TPSA) is 71.1 Å². The summed E-state index contributed by atoms with van der Waals surface area (Å²) in [5.41, 5.74) is 2.81. The second-order valence-corrected chi connectivity index (χ2v) is 6.59. The molecule has 2 amide bonds. The van der Waals surface area contributed by atoms with Gasteiger partial charge in [0.1, 0.15) is 11.5 Å². The van der Waals surface area contributed by atoms with E-state index in [1.54, 1.807) is 0 Å². The fourth-order valence-electron chi connectivity index (χ4n) is 2.46. The number of carbonyl (C=O) groups is 2. The molecule has 7 heteroatoms. The van der Waals surface area contributed by atoms with Crippen LogP contribution in [0.1, 0.15) is 32.0 Å². The molecular formula is C21H17ClFN3O2. The Morgan fingerprint density at radius 2 is 1.79 bits per heavy atom. The number of nitrogens with one attached hydrogen (secondary N) is 2. The number of amides is 2. The molecule has 3 rings (SSSR count). The lowest BCUT2D eigenvalue weighted by Gasteiger charge is -2.08. The Bertz CT molecular complexity index is 1020. The van der Waals surface area contributed by atoms with Crippen LogP contribution in [0.5, 0.6) is 0 Å². The molecule has 0 saturated heterocycles. The molecule has 0 bridgehead atoms. The summed E-state index contributed by atoms with van der Waals surface area (Å²) in [6, 6.07) is 14.6. The van der Waals surface area contributed by atoms with Gasteiger partial charge in [0.25, 0.3) is 11.8 Å². The second-order valence-electron chi connectivity index (χ2n) is 6.18. The number of benzene rings is 2. The highest BCUT2D eigenvalue weighted by atomic mass is 35.5. The largest absolute Gasteiger partial charge is 0.348 e. The van der Waals surface area contributed by atoms with Gasteiger partial charge < -0.3 is 10.6 Å². The lowest BCUT2D eigenvalue weighted by atomic mass is 10.1. The predicted octanol–water partition coefficient (Wildman–Crippen LogP) is 4.36. The van der Waals surface area contributed by atoms with Crippen molar-refractivity contribution in [3.05, 3.63) is 94.0 Å². The van der Waals surface area contributed by atoms with Gasteiger partial charge in [-0.2, -0.15) is 0 Å². The van der Waals surface area contributed by atoms with E-state index < -0.39 is 11.7 Å². The third-order valence-electron chi connectivity index (χ3n) is 4.01. The predicted molar refractivity (Wildman–Crippen MR) is 106 cm³/mol. The first-order chi connectivity index (χ1) is 13.4. The Morgan fingerprint density at radius 3 is 2.50 bits per heavy atom. The molecule has 0 aliphatic carbocycles. The number of hydrogen-bond acceptors (Lipinski definition) is 3. The first-order valence-corrected chi connectivity index (χ1v) is 8.86. The maximum Gasteiger partial charge on any atom is 0.274 e. The van der Waals surface area contributed by atoms with Gasteiger partial charge in [0.15, 0.2) is 0 Å². The number of rotatable bonds is 5. The molecule has 2 N–H and O–H groups in total. The average Bonchev–Trinajstić information content (AvgIpc) is 2.70. The Kier molecular flexibility index (Phi) is 6.01. The number of aryl methyl sites for hydroxylation is 1. The van der Waals surface area contributed by atoms with Crippen molar-refractivity contribution in [2.75, 3.05) is 5.32 Å². The maximum atomic E-state index is 13.2. The van der Waals surface area contributed by atoms with Crippen LogP contribution in [0.3, 0.4) is 0 Å². The van der Waals surface area contributed by atoms with Gasteiger partial charge in [-0.3, -0.25) is 14.6 Å². The van der Waals surface area contributed by atoms with Crippen molar-refractivity contribution in [3.8, 4) is 0 Å². The lowest BCUT2D eigenvalue weighted by Crippen LogP contribution is -2.23. The van der Waals surface area contributed by atoms with E-state index in [-0.39, 0.29) is 16.6 Å². The molecule has 0 spiro atoms. The van der Waals surface area contributed by atoms with Gasteiger partial charge >= 0.3 is 0 Å². The molecule has 1 aromatic heterocycles. The molecule has 28 heavy (non-hydrogen) atoms. The fourth-order valence-corrected chi connectivity index (χ4v) is 2.64. The van der Waals surface area contributed by atoms with Gasteiger partial charge in [-0.05, 0) is 42.8 Å². The minimum Gasteiger partial charge on any atom is -0.348 e. The summed E-state index contributed by atoms with van der Waals surface area (Å²) in [6.45, 7) is 2.36. The first-order valence-electron chi connectivity index (χ1n) is 8.48. The van der Waals surface area contributed by atoms with E-state index in [0.717, 1.165) is 17.2 Å². The molecule has 0 saturated carbocycles. The number of halogens is 2. The Morgan fingerprint density at radius 1 is 1.04 bits per heavy atom. The van der Waals surface area contributed by atoms with Gasteiger partial charge in [-0.15, -0.1) is 0 Å². The summed E-state index contributed by atoms with van der Waals surface area (Å²) in [7, 11) is 0. The van der Waals surface area contributed by atoms with E-state index >= 15 is 0 Å². The molecular weight excluding hydrogens is 381 g/mol. The van der Waals surface area contributed by atoms with Crippen LogP contribution >= 0.6 is 11.6 Å². The molecule has 0 aliphatic rings. The van der Waals surface area contributed by atoms with E-state index in [9.17, 15) is 14.0 Å². The Balaban J connectivity index is 1.66. The van der Waals surface area contributed by atoms with Gasteiger partial charge in [0, 0.05) is 24.0 Å². The quantitative estimate of drug-likeness (QED) is 0.671. The third-order valence-corrected chi connectivity index (χ3v) is 4.30. The van der Waals surface area contributed by atoms with E-state index in [1.165, 1.54) is 30.5 Å². The smallest absolute Gasteiger partial charge is 0.274 e. The zero-order chi connectivity index (χ0) is 20.1. The highest BCUT2D eigenvalue weighted by Crippen LogP contribution is 2.19. The molecule has 142 valence electrons. The molecule has 0 unspecified atom stereocenters. The highest BCUT2D eigenvalue weighted by molar-refractivity contribution is 6.31. The van der Waals surface area contributed by atoms with Gasteiger partial charge in [-0.1, -0.05) is 41.4 Å². The third kappa shape index (κ3) is 4.92. The monoisotopic (exact) mass is 397 g/mol. The molecule has 1 heterocycles. The van der Waals surface area contributed by atoms with Crippen LogP contribution in [0.25, 0.3) is 0 Å². The van der Waals surface area contributed by atoms with Crippen LogP contribution in [-0.2, 0) is 6.54 Å². The molecule has 2 aromatic carbocycles. The lowest BCUT2D eigenvalue weighted by molar-refractivity contribution is 0.0951. The molecule has 0 aliphatic heterocycles. The van der Waals surface area contributed by atoms with E-state index in [0.29, 0.717) is 17.8 Å². The van der Waals surface area contributed by atoms with Gasteiger partial charge in [0.05, 0.1) is 5.02 Å². The summed E-state index contributed by atoms with van der Waals surface area (Å²) in [5, 5.41) is 5.28. The number of pyridine rings is 1. The SMILES string of the molecule is Cc1ccc(CNC(=O)c2ccnc(C(=O)Nc3ccc(F)c(Cl)c3)c2)cc1. The normalized spacial score (nSPS) is 10.4. The number of hydrogen-bond donors (Lipinski definition) is 2. The number of carbonyl (C=O) groups excluding carboxylic acids is 2. The minimum absolute atomic E-state index is 0.0587. The van der Waals surface area contributed by atoms with Crippen molar-refractivity contribution in [1.82, 2.24) is 10.3 Å². The standard InChI is InChI=1S/C21H17ClFN3O2/c1-13-2-4-14(5-3-13)12-25-20(27)15-8-9-24-19(10-15)21(28)26-16-6-7-18(23)17(22)11-16/h2-11H,12H2,1H3,(H,25,27)(H,26,28). The first kappa shape index (κ1) is 19.5. The zero-order valence-electron chi connectivity index (χ0n) is 15.0. The van der Waals surface area contributed by atoms with Gasteiger partial charge in [0.2, 0.25) is 0 Å². The number of anilines is 1. The van der Waals surface area contributed by atoms with Crippen molar-refractivity contribution in [2.24, 2.45) is 0 Å². The fraction of sp³-hybridized carbons (Fsp3) is 0.0952. The number of aromatic nitrogens is 1. The van der Waals surface area contributed by atoms with Crippen LogP contribution in [0.2, 0.25) is 5.02 Å². The van der Waals surface area contributed by atoms with Crippen molar-refractivity contribution in [3.63, 3.8) is 0 Å². The van der Waals surface area contributed by atoms with Crippen LogP contribution in [0.4, 0.5) is 10.1 Å². The van der Waals surface area contributed by atoms with Crippen LogP contribution < -0.4 is 10.6 Å². The maximum absolute atomic E-state index is 13.2. The summed E-state index contributed by atoms with van der Waals surface area (Å²) in [6.07, 6.45) is 1.38. The zero-order valence-corrected chi connectivity index (χ0v) is 15.8. The average molecular weight is 398 g/mol. The Labute approximate surface area is 166 Å². The summed E-state index contributed by atoms with van der Waals surface area (Å²) < 4.78 is 13.2. The van der Waals surface area contributed by atoms with Crippen molar-refractivity contribution in [2.45, 2.75) is 13.5 Å². The Hall–Kier alpha value is -3.25. The summed E-state index contributed by atoms with van der Waals surface area (Å²) in [4.78, 5) is 28.7. The van der Waals surface area contributed by atoms with Crippen LogP contribution in [0, 0.1) is 12.7 Å². The molecule has 0 radical (unpaired) electrons. The van der Waals surface area contributed by atoms with Crippen molar-refractivity contribution >= 4 is 29.1 Å². The van der Waals surface area contributed by atoms with Crippen LogP contribution in [-0.4, -0.2) is 16.8 Å². The minimum atomic E-state index is -0.579. The molecule has 3 aromatic rings. The second kappa shape index (κ2) is 8.63. The highest BCUT2D eigenvalue weighted by Gasteiger charge is 2.13. The van der Waals surface area contributed by atoms with Crippen molar-refractivity contribution in [1.29, 1.82) is 0 Å². The molecule has 0 fully saturated rings. The summed E-state index contributed by atoms with van der Waals surface area (Å²) >= 11 is 5.71. The van der Waals surface area contributed by atoms with E-state index in [4.69, 9.17) is 11.6 Å². The van der Waals surface area contributed by atoms with Crippen molar-refractivity contribution < 1.29 is 14.0 Å². The summed E-state index contributed by atoms with van der Waals surface area (Å²) in [5.74, 6) is -1.43. The van der Waals surface area contributed by atoms with Crippen LogP contribution in [0.15, 0.2) is 60.8 Å². The van der Waals surface area contributed by atoms with E-state index in [2.05, 4.69) is 15.6 Å². The van der Waals surface area contributed by atoms with Gasteiger partial charge in [-0.25, -0.2) is 4.39 Å². The van der Waals surface area contributed by atoms with E-state index in [1.807, 2.05) is 31.2 Å².